The maximum absolute atomic E-state index is 9.68. The number of hydrogen-bond acceptors (Lipinski definition) is 3. The topological polar surface area (TPSA) is 38.0 Å². The number of aromatic nitrogens is 2. The molecule has 0 aliphatic carbocycles. The highest BCUT2D eigenvalue weighted by atomic mass is 32.2. The van der Waals surface area contributed by atoms with Crippen molar-refractivity contribution in [3.8, 4) is 5.88 Å². The van der Waals surface area contributed by atoms with Crippen molar-refractivity contribution >= 4 is 11.8 Å². The highest BCUT2D eigenvalue weighted by Gasteiger charge is 2.13. The molecule has 0 fully saturated rings. The van der Waals surface area contributed by atoms with Gasteiger partial charge in [0.1, 0.15) is 0 Å². The molecule has 0 saturated carbocycles. The summed E-state index contributed by atoms with van der Waals surface area (Å²) in [4.78, 5) is 0. The van der Waals surface area contributed by atoms with Gasteiger partial charge in [-0.3, -0.25) is 0 Å². The predicted molar refractivity (Wildman–Crippen MR) is 69.8 cm³/mol. The summed E-state index contributed by atoms with van der Waals surface area (Å²) in [5, 5.41) is 14.1. The van der Waals surface area contributed by atoms with Crippen LogP contribution in [-0.2, 0) is 12.3 Å². The molecule has 1 aromatic heterocycles. The van der Waals surface area contributed by atoms with E-state index in [1.165, 1.54) is 0 Å². The molecule has 92 valence electrons. The van der Waals surface area contributed by atoms with Gasteiger partial charge >= 0.3 is 0 Å². The highest BCUT2D eigenvalue weighted by Crippen LogP contribution is 2.27. The number of aromatic hydroxyl groups is 1. The van der Waals surface area contributed by atoms with Crippen molar-refractivity contribution in [1.82, 2.24) is 9.78 Å². The molecule has 0 amide bonds. The Balaban J connectivity index is 2.55. The molecule has 0 unspecified atom stereocenters. The van der Waals surface area contributed by atoms with Gasteiger partial charge < -0.3 is 5.11 Å². The summed E-state index contributed by atoms with van der Waals surface area (Å²) in [6.07, 6.45) is 2.17. The maximum Gasteiger partial charge on any atom is 0.209 e. The molecule has 1 N–H and O–H groups in total. The lowest BCUT2D eigenvalue weighted by Crippen LogP contribution is -2.08. The first-order valence-electron chi connectivity index (χ1n) is 5.82. The highest BCUT2D eigenvalue weighted by molar-refractivity contribution is 7.99. The van der Waals surface area contributed by atoms with Gasteiger partial charge in [0.2, 0.25) is 5.88 Å². The van der Waals surface area contributed by atoms with Crippen LogP contribution in [0.25, 0.3) is 0 Å². The number of thioether (sulfide) groups is 1. The fourth-order valence-corrected chi connectivity index (χ4v) is 2.01. The number of nitrogens with zero attached hydrogens (tertiary/aromatic N) is 2. The van der Waals surface area contributed by atoms with Crippen LogP contribution in [-0.4, -0.2) is 19.6 Å². The van der Waals surface area contributed by atoms with Gasteiger partial charge in [0, 0.05) is 23.1 Å². The minimum atomic E-state index is 0.239. The Bertz CT molecular complexity index is 328. The summed E-state index contributed by atoms with van der Waals surface area (Å²) in [6, 6.07) is 1.77. The molecule has 3 nitrogen and oxygen atoms in total. The molecule has 0 spiro atoms. The van der Waals surface area contributed by atoms with Gasteiger partial charge in [-0.2, -0.15) is 5.10 Å². The zero-order valence-corrected chi connectivity index (χ0v) is 11.5. The molecule has 0 bridgehead atoms. The monoisotopic (exact) mass is 242 g/mol. The largest absolute Gasteiger partial charge is 0.493 e. The van der Waals surface area contributed by atoms with Crippen LogP contribution in [0.2, 0.25) is 0 Å². The molecule has 0 aromatic carbocycles. The van der Waals surface area contributed by atoms with Crippen LogP contribution < -0.4 is 0 Å². The Labute approximate surface area is 102 Å². The lowest BCUT2D eigenvalue weighted by atomic mass is 10.3. The van der Waals surface area contributed by atoms with E-state index in [1.807, 2.05) is 11.8 Å². The second-order valence-electron chi connectivity index (χ2n) is 4.97. The quantitative estimate of drug-likeness (QED) is 0.859. The van der Waals surface area contributed by atoms with Gasteiger partial charge in [-0.1, -0.05) is 34.1 Å². The van der Waals surface area contributed by atoms with Crippen LogP contribution in [0.4, 0.5) is 0 Å². The summed E-state index contributed by atoms with van der Waals surface area (Å²) >= 11 is 1.85. The Morgan fingerprint density at radius 3 is 2.69 bits per heavy atom. The molecule has 0 aliphatic heterocycles. The summed E-state index contributed by atoms with van der Waals surface area (Å²) in [7, 11) is 0. The van der Waals surface area contributed by atoms with E-state index in [-0.39, 0.29) is 10.6 Å². The molecular formula is C12H22N2OS. The van der Waals surface area contributed by atoms with Crippen molar-refractivity contribution in [2.75, 3.05) is 0 Å². The van der Waals surface area contributed by atoms with Crippen LogP contribution in [0, 0.1) is 0 Å². The van der Waals surface area contributed by atoms with E-state index in [9.17, 15) is 5.11 Å². The Morgan fingerprint density at radius 1 is 1.44 bits per heavy atom. The van der Waals surface area contributed by atoms with Crippen LogP contribution in [0.5, 0.6) is 5.88 Å². The first-order valence-corrected chi connectivity index (χ1v) is 6.80. The third kappa shape index (κ3) is 4.47. The second-order valence-corrected chi connectivity index (χ2v) is 6.77. The smallest absolute Gasteiger partial charge is 0.209 e. The van der Waals surface area contributed by atoms with Gasteiger partial charge in [-0.15, -0.1) is 11.8 Å². The number of aryl methyl sites for hydroxylation is 1. The van der Waals surface area contributed by atoms with E-state index in [0.29, 0.717) is 0 Å². The first kappa shape index (κ1) is 13.4. The van der Waals surface area contributed by atoms with Crippen molar-refractivity contribution < 1.29 is 5.11 Å². The zero-order valence-electron chi connectivity index (χ0n) is 10.7. The van der Waals surface area contributed by atoms with E-state index < -0.39 is 0 Å². The summed E-state index contributed by atoms with van der Waals surface area (Å²) < 4.78 is 1.94. The Kier molecular flexibility index (Phi) is 4.71. The van der Waals surface area contributed by atoms with Crippen LogP contribution in [0.3, 0.4) is 0 Å². The molecule has 1 aromatic rings. The second kappa shape index (κ2) is 5.62. The van der Waals surface area contributed by atoms with Crippen molar-refractivity contribution in [3.05, 3.63) is 11.8 Å². The van der Waals surface area contributed by atoms with E-state index in [4.69, 9.17) is 0 Å². The predicted octanol–water partition coefficient (Wildman–Crippen LogP) is 3.42. The van der Waals surface area contributed by atoms with Gasteiger partial charge in [0.05, 0.1) is 5.69 Å². The molecule has 0 saturated heterocycles. The fourth-order valence-electron chi connectivity index (χ4n) is 1.29. The Morgan fingerprint density at radius 2 is 2.12 bits per heavy atom. The normalized spacial score (nSPS) is 12.0. The average Bonchev–Trinajstić information content (AvgIpc) is 2.52. The molecular weight excluding hydrogens is 220 g/mol. The maximum atomic E-state index is 9.68. The summed E-state index contributed by atoms with van der Waals surface area (Å²) in [5.41, 5.74) is 0.966. The standard InChI is InChI=1S/C12H22N2OS/c1-5-6-7-14-11(15)8-10(13-14)9-16-12(2,3)4/h8,15H,5-7,9H2,1-4H3. The van der Waals surface area contributed by atoms with Crippen molar-refractivity contribution in [2.45, 2.75) is 57.6 Å². The van der Waals surface area contributed by atoms with E-state index in [1.54, 1.807) is 10.7 Å². The molecule has 0 radical (unpaired) electrons. The van der Waals surface area contributed by atoms with Crippen molar-refractivity contribution in [3.63, 3.8) is 0 Å². The fraction of sp³-hybridized carbons (Fsp3) is 0.750. The van der Waals surface area contributed by atoms with Crippen LogP contribution in [0.1, 0.15) is 46.2 Å². The lowest BCUT2D eigenvalue weighted by Gasteiger charge is -2.16. The van der Waals surface area contributed by atoms with Crippen LogP contribution in [0.15, 0.2) is 6.07 Å². The average molecular weight is 242 g/mol. The van der Waals surface area contributed by atoms with Gasteiger partial charge in [-0.05, 0) is 6.42 Å². The van der Waals surface area contributed by atoms with Crippen molar-refractivity contribution in [2.24, 2.45) is 0 Å². The van der Waals surface area contributed by atoms with Crippen molar-refractivity contribution in [1.29, 1.82) is 0 Å². The van der Waals surface area contributed by atoms with E-state index in [0.717, 1.165) is 30.8 Å². The molecule has 4 heteroatoms. The minimum absolute atomic E-state index is 0.239. The zero-order chi connectivity index (χ0) is 12.2. The number of hydrogen-bond donors (Lipinski definition) is 1. The lowest BCUT2D eigenvalue weighted by molar-refractivity contribution is 0.393. The molecule has 0 atom stereocenters. The first-order chi connectivity index (χ1) is 7.42. The van der Waals surface area contributed by atoms with E-state index >= 15 is 0 Å². The summed E-state index contributed by atoms with van der Waals surface area (Å²) in [6.45, 7) is 9.50. The van der Waals surface area contributed by atoms with Crippen LogP contribution >= 0.6 is 11.8 Å². The SMILES string of the molecule is CCCCn1nc(CSC(C)(C)C)cc1O. The van der Waals surface area contributed by atoms with Gasteiger partial charge in [-0.25, -0.2) is 4.68 Å². The number of unbranched alkanes of at least 4 members (excludes halogenated alkanes) is 1. The molecule has 0 aliphatic rings. The van der Waals surface area contributed by atoms with E-state index in [2.05, 4.69) is 32.8 Å². The minimum Gasteiger partial charge on any atom is -0.493 e. The molecule has 16 heavy (non-hydrogen) atoms. The molecule has 1 rings (SSSR count). The third-order valence-electron chi connectivity index (χ3n) is 2.19. The van der Waals surface area contributed by atoms with Gasteiger partial charge in [0.25, 0.3) is 0 Å². The Hall–Kier alpha value is -0.640. The third-order valence-corrected chi connectivity index (χ3v) is 3.49. The van der Waals surface area contributed by atoms with Gasteiger partial charge in [0.15, 0.2) is 0 Å². The summed E-state index contributed by atoms with van der Waals surface area (Å²) in [5.74, 6) is 1.15. The molecule has 1 heterocycles. The number of rotatable bonds is 5.